The van der Waals surface area contributed by atoms with Gasteiger partial charge in [-0.2, -0.15) is 0 Å². The first-order valence-electron chi connectivity index (χ1n) is 8.37. The topological polar surface area (TPSA) is 9.23 Å². The van der Waals surface area contributed by atoms with Crippen molar-refractivity contribution in [3.05, 3.63) is 77.9 Å². The Labute approximate surface area is 141 Å². The molecule has 1 heteroatoms. The first-order chi connectivity index (χ1) is 11.2. The standard InChI is InChI=1S/C20H22O.C2H6/c1-4-5-6-7-17(3)18-10-14-20(15-11-18)21-19-12-8-16(2)9-13-19;1-2/h5-15H,4H2,1-3H3;1-2H3/b6-5-,17-7+;. The maximum absolute atomic E-state index is 5.83. The van der Waals surface area contributed by atoms with E-state index in [0.29, 0.717) is 0 Å². The van der Waals surface area contributed by atoms with E-state index in [-0.39, 0.29) is 0 Å². The smallest absolute Gasteiger partial charge is 0.127 e. The van der Waals surface area contributed by atoms with Crippen LogP contribution in [0.15, 0.2) is 66.8 Å². The predicted octanol–water partition coefficient (Wildman–Crippen LogP) is 7.18. The molecule has 0 aliphatic heterocycles. The van der Waals surface area contributed by atoms with E-state index in [1.54, 1.807) is 0 Å². The van der Waals surface area contributed by atoms with Gasteiger partial charge in [0.05, 0.1) is 0 Å². The molecule has 0 saturated carbocycles. The minimum Gasteiger partial charge on any atom is -0.457 e. The van der Waals surface area contributed by atoms with Crippen molar-refractivity contribution in [1.82, 2.24) is 0 Å². The van der Waals surface area contributed by atoms with Crippen molar-refractivity contribution < 1.29 is 4.74 Å². The average molecular weight is 308 g/mol. The van der Waals surface area contributed by atoms with Gasteiger partial charge in [0.25, 0.3) is 0 Å². The summed E-state index contributed by atoms with van der Waals surface area (Å²) in [5.41, 5.74) is 3.70. The molecule has 0 spiro atoms. The molecule has 0 N–H and O–H groups in total. The van der Waals surface area contributed by atoms with Crippen LogP contribution < -0.4 is 4.74 Å². The van der Waals surface area contributed by atoms with Crippen LogP contribution in [0.25, 0.3) is 5.57 Å². The Kier molecular flexibility index (Phi) is 8.52. The van der Waals surface area contributed by atoms with Gasteiger partial charge in [-0.25, -0.2) is 0 Å². The normalized spacial score (nSPS) is 11.1. The SMILES string of the molecule is CC.CC/C=C\C=C(/C)c1ccc(Oc2ccc(C)cc2)cc1. The minimum atomic E-state index is 0.861. The second-order valence-electron chi connectivity index (χ2n) is 5.13. The minimum absolute atomic E-state index is 0.861. The summed E-state index contributed by atoms with van der Waals surface area (Å²) in [6.07, 6.45) is 7.46. The molecule has 2 aromatic carbocycles. The highest BCUT2D eigenvalue weighted by Crippen LogP contribution is 2.24. The average Bonchev–Trinajstić information content (AvgIpc) is 2.59. The third-order valence-corrected chi connectivity index (χ3v) is 3.28. The maximum atomic E-state index is 5.83. The summed E-state index contributed by atoms with van der Waals surface area (Å²) in [6.45, 7) is 10.3. The highest BCUT2D eigenvalue weighted by Gasteiger charge is 1.99. The number of benzene rings is 2. The van der Waals surface area contributed by atoms with E-state index in [9.17, 15) is 0 Å². The molecule has 122 valence electrons. The first-order valence-corrected chi connectivity index (χ1v) is 8.37. The van der Waals surface area contributed by atoms with E-state index < -0.39 is 0 Å². The molecule has 2 aromatic rings. The van der Waals surface area contributed by atoms with Crippen LogP contribution in [-0.4, -0.2) is 0 Å². The number of hydrogen-bond acceptors (Lipinski definition) is 1. The molecule has 1 nitrogen and oxygen atoms in total. The van der Waals surface area contributed by atoms with Crippen molar-refractivity contribution in [3.8, 4) is 11.5 Å². The van der Waals surface area contributed by atoms with Gasteiger partial charge in [0, 0.05) is 0 Å². The van der Waals surface area contributed by atoms with Gasteiger partial charge in [0.1, 0.15) is 11.5 Å². The van der Waals surface area contributed by atoms with Gasteiger partial charge in [0.2, 0.25) is 0 Å². The Balaban J connectivity index is 0.00000127. The van der Waals surface area contributed by atoms with Gasteiger partial charge >= 0.3 is 0 Å². The van der Waals surface area contributed by atoms with E-state index in [2.05, 4.69) is 63.3 Å². The van der Waals surface area contributed by atoms with E-state index in [4.69, 9.17) is 4.74 Å². The second kappa shape index (κ2) is 10.4. The molecule has 0 unspecified atom stereocenters. The molecule has 2 rings (SSSR count). The van der Waals surface area contributed by atoms with E-state index in [1.165, 1.54) is 16.7 Å². The molecule has 0 amide bonds. The fourth-order valence-corrected chi connectivity index (χ4v) is 1.97. The summed E-state index contributed by atoms with van der Waals surface area (Å²) in [7, 11) is 0. The summed E-state index contributed by atoms with van der Waals surface area (Å²) in [5.74, 6) is 1.73. The van der Waals surface area contributed by atoms with Crippen LogP contribution in [0.3, 0.4) is 0 Å². The van der Waals surface area contributed by atoms with E-state index in [1.807, 2.05) is 38.1 Å². The van der Waals surface area contributed by atoms with Crippen molar-refractivity contribution in [2.45, 2.75) is 41.0 Å². The lowest BCUT2D eigenvalue weighted by Crippen LogP contribution is -1.85. The quantitative estimate of drug-likeness (QED) is 0.531. The molecule has 0 fully saturated rings. The zero-order valence-electron chi connectivity index (χ0n) is 15.0. The largest absolute Gasteiger partial charge is 0.457 e. The fraction of sp³-hybridized carbons (Fsp3) is 0.273. The molecule has 0 heterocycles. The molecule has 23 heavy (non-hydrogen) atoms. The Morgan fingerprint density at radius 2 is 1.43 bits per heavy atom. The molecule has 0 saturated heterocycles. The van der Waals surface area contributed by atoms with Crippen LogP contribution in [0.5, 0.6) is 11.5 Å². The van der Waals surface area contributed by atoms with Crippen molar-refractivity contribution in [1.29, 1.82) is 0 Å². The summed E-state index contributed by atoms with van der Waals surface area (Å²) in [5, 5.41) is 0. The third kappa shape index (κ3) is 6.56. The van der Waals surface area contributed by atoms with Crippen LogP contribution in [0.4, 0.5) is 0 Å². The van der Waals surface area contributed by atoms with E-state index in [0.717, 1.165) is 17.9 Å². The molecule has 0 radical (unpaired) electrons. The number of hydrogen-bond donors (Lipinski definition) is 0. The van der Waals surface area contributed by atoms with Crippen molar-refractivity contribution in [2.24, 2.45) is 0 Å². The van der Waals surface area contributed by atoms with Gasteiger partial charge in [-0.05, 0) is 55.7 Å². The molecular weight excluding hydrogens is 280 g/mol. The summed E-state index contributed by atoms with van der Waals surface area (Å²) < 4.78 is 5.83. The zero-order valence-corrected chi connectivity index (χ0v) is 15.0. The lowest BCUT2D eigenvalue weighted by Gasteiger charge is -2.07. The number of ether oxygens (including phenoxy) is 1. The van der Waals surface area contributed by atoms with Gasteiger partial charge in [-0.1, -0.05) is 68.8 Å². The number of rotatable bonds is 5. The summed E-state index contributed by atoms with van der Waals surface area (Å²) in [6, 6.07) is 16.3. The maximum Gasteiger partial charge on any atom is 0.127 e. The number of allylic oxidation sites excluding steroid dienone is 4. The molecule has 0 aromatic heterocycles. The van der Waals surface area contributed by atoms with Gasteiger partial charge in [0.15, 0.2) is 0 Å². The highest BCUT2D eigenvalue weighted by molar-refractivity contribution is 5.65. The highest BCUT2D eigenvalue weighted by atomic mass is 16.5. The lowest BCUT2D eigenvalue weighted by molar-refractivity contribution is 0.482. The molecule has 0 aliphatic carbocycles. The van der Waals surface area contributed by atoms with Crippen LogP contribution in [0.2, 0.25) is 0 Å². The van der Waals surface area contributed by atoms with Crippen LogP contribution in [0, 0.1) is 6.92 Å². The van der Waals surface area contributed by atoms with E-state index >= 15 is 0 Å². The Morgan fingerprint density at radius 1 is 0.913 bits per heavy atom. The summed E-state index contributed by atoms with van der Waals surface area (Å²) >= 11 is 0. The number of aryl methyl sites for hydroxylation is 1. The summed E-state index contributed by atoms with van der Waals surface area (Å²) in [4.78, 5) is 0. The molecule has 0 bridgehead atoms. The fourth-order valence-electron chi connectivity index (χ4n) is 1.97. The predicted molar refractivity (Wildman–Crippen MR) is 102 cm³/mol. The van der Waals surface area contributed by atoms with Crippen molar-refractivity contribution in [2.75, 3.05) is 0 Å². The molecular formula is C22H28O. The Morgan fingerprint density at radius 3 is 1.96 bits per heavy atom. The van der Waals surface area contributed by atoms with Crippen LogP contribution in [0.1, 0.15) is 45.2 Å². The Bertz CT molecular complexity index is 616. The monoisotopic (exact) mass is 308 g/mol. The van der Waals surface area contributed by atoms with Crippen LogP contribution >= 0.6 is 0 Å². The Hall–Kier alpha value is -2.28. The van der Waals surface area contributed by atoms with Gasteiger partial charge < -0.3 is 4.74 Å². The zero-order chi connectivity index (χ0) is 17.1. The van der Waals surface area contributed by atoms with Gasteiger partial charge in [-0.3, -0.25) is 0 Å². The molecule has 0 atom stereocenters. The molecule has 0 aliphatic rings. The van der Waals surface area contributed by atoms with Crippen molar-refractivity contribution in [3.63, 3.8) is 0 Å². The van der Waals surface area contributed by atoms with Crippen LogP contribution in [-0.2, 0) is 0 Å². The third-order valence-electron chi connectivity index (χ3n) is 3.28. The van der Waals surface area contributed by atoms with Gasteiger partial charge in [-0.15, -0.1) is 0 Å². The second-order valence-corrected chi connectivity index (χ2v) is 5.13. The lowest BCUT2D eigenvalue weighted by atomic mass is 10.1. The first kappa shape index (κ1) is 18.8. The van der Waals surface area contributed by atoms with Crippen molar-refractivity contribution >= 4 is 5.57 Å².